The SMILES string of the molecule is Nc1cnc(N)c(CCC2CCNCC2)c1. The molecular formula is C12H20N4. The number of rotatable bonds is 3. The Morgan fingerprint density at radius 3 is 2.81 bits per heavy atom. The molecule has 1 aliphatic heterocycles. The second kappa shape index (κ2) is 5.16. The van der Waals surface area contributed by atoms with Gasteiger partial charge in [0, 0.05) is 0 Å². The summed E-state index contributed by atoms with van der Waals surface area (Å²) in [5.74, 6) is 1.45. The highest BCUT2D eigenvalue weighted by atomic mass is 14.9. The van der Waals surface area contributed by atoms with Crippen LogP contribution >= 0.6 is 0 Å². The Morgan fingerprint density at radius 2 is 2.06 bits per heavy atom. The minimum atomic E-state index is 0.628. The van der Waals surface area contributed by atoms with E-state index in [1.165, 1.54) is 19.3 Å². The van der Waals surface area contributed by atoms with Crippen LogP contribution in [0.3, 0.4) is 0 Å². The Kier molecular flexibility index (Phi) is 3.62. The number of anilines is 2. The van der Waals surface area contributed by atoms with E-state index in [0.717, 1.165) is 31.0 Å². The van der Waals surface area contributed by atoms with Gasteiger partial charge in [-0.3, -0.25) is 0 Å². The Bertz CT molecular complexity index is 345. The van der Waals surface area contributed by atoms with Gasteiger partial charge in [0.1, 0.15) is 5.82 Å². The van der Waals surface area contributed by atoms with Crippen LogP contribution in [0.4, 0.5) is 11.5 Å². The van der Waals surface area contributed by atoms with E-state index in [2.05, 4.69) is 10.3 Å². The van der Waals surface area contributed by atoms with E-state index >= 15 is 0 Å². The summed E-state index contributed by atoms with van der Waals surface area (Å²) in [6.45, 7) is 2.30. The maximum Gasteiger partial charge on any atom is 0.126 e. The van der Waals surface area contributed by atoms with Crippen molar-refractivity contribution in [1.82, 2.24) is 10.3 Å². The molecule has 0 aliphatic carbocycles. The molecule has 4 nitrogen and oxygen atoms in total. The molecule has 0 saturated carbocycles. The van der Waals surface area contributed by atoms with Crippen LogP contribution in [0, 0.1) is 5.92 Å². The van der Waals surface area contributed by atoms with Gasteiger partial charge in [-0.15, -0.1) is 0 Å². The number of nitrogens with one attached hydrogen (secondary N) is 1. The quantitative estimate of drug-likeness (QED) is 0.715. The van der Waals surface area contributed by atoms with Crippen LogP contribution in [0.1, 0.15) is 24.8 Å². The Hall–Kier alpha value is -1.29. The molecule has 2 heterocycles. The molecule has 0 unspecified atom stereocenters. The largest absolute Gasteiger partial charge is 0.397 e. The summed E-state index contributed by atoms with van der Waals surface area (Å²) in [4.78, 5) is 4.08. The minimum Gasteiger partial charge on any atom is -0.397 e. The zero-order valence-electron chi connectivity index (χ0n) is 9.58. The molecule has 88 valence electrons. The molecule has 1 aromatic rings. The van der Waals surface area contributed by atoms with Crippen LogP contribution in [0.25, 0.3) is 0 Å². The average molecular weight is 220 g/mol. The van der Waals surface area contributed by atoms with Gasteiger partial charge in [0.2, 0.25) is 0 Å². The van der Waals surface area contributed by atoms with Crippen LogP contribution in [0.5, 0.6) is 0 Å². The minimum absolute atomic E-state index is 0.628. The maximum absolute atomic E-state index is 5.83. The molecule has 0 amide bonds. The summed E-state index contributed by atoms with van der Waals surface area (Å²) in [7, 11) is 0. The highest BCUT2D eigenvalue weighted by Crippen LogP contribution is 2.21. The number of nitrogen functional groups attached to an aromatic ring is 2. The van der Waals surface area contributed by atoms with E-state index in [0.29, 0.717) is 11.5 Å². The Labute approximate surface area is 96.4 Å². The molecule has 16 heavy (non-hydrogen) atoms. The van der Waals surface area contributed by atoms with Crippen molar-refractivity contribution in [3.63, 3.8) is 0 Å². The van der Waals surface area contributed by atoms with Gasteiger partial charge in [0.05, 0.1) is 11.9 Å². The lowest BCUT2D eigenvalue weighted by Crippen LogP contribution is -2.27. The monoisotopic (exact) mass is 220 g/mol. The molecule has 1 fully saturated rings. The van der Waals surface area contributed by atoms with Crippen LogP contribution in [0.2, 0.25) is 0 Å². The van der Waals surface area contributed by atoms with Gasteiger partial charge in [0.25, 0.3) is 0 Å². The van der Waals surface area contributed by atoms with Crippen molar-refractivity contribution in [3.8, 4) is 0 Å². The van der Waals surface area contributed by atoms with Gasteiger partial charge in [-0.2, -0.15) is 0 Å². The second-order valence-corrected chi connectivity index (χ2v) is 4.55. The van der Waals surface area contributed by atoms with Crippen molar-refractivity contribution in [1.29, 1.82) is 0 Å². The molecule has 1 saturated heterocycles. The summed E-state index contributed by atoms with van der Waals surface area (Å²) in [6, 6.07) is 1.95. The van der Waals surface area contributed by atoms with E-state index in [1.54, 1.807) is 6.20 Å². The van der Waals surface area contributed by atoms with Crippen molar-refractivity contribution in [3.05, 3.63) is 17.8 Å². The first kappa shape index (κ1) is 11.2. The first-order valence-corrected chi connectivity index (χ1v) is 5.96. The number of nitrogens with two attached hydrogens (primary N) is 2. The lowest BCUT2D eigenvalue weighted by atomic mass is 9.91. The zero-order chi connectivity index (χ0) is 11.4. The van der Waals surface area contributed by atoms with E-state index in [1.807, 2.05) is 6.07 Å². The summed E-state index contributed by atoms with van der Waals surface area (Å²) in [6.07, 6.45) is 6.35. The number of pyridine rings is 1. The lowest BCUT2D eigenvalue weighted by Gasteiger charge is -2.22. The predicted molar refractivity (Wildman–Crippen MR) is 67.0 cm³/mol. The summed E-state index contributed by atoms with van der Waals surface area (Å²) < 4.78 is 0. The first-order chi connectivity index (χ1) is 7.75. The van der Waals surface area contributed by atoms with E-state index in [-0.39, 0.29) is 0 Å². The van der Waals surface area contributed by atoms with Crippen LogP contribution in [-0.2, 0) is 6.42 Å². The molecule has 0 atom stereocenters. The standard InChI is InChI=1S/C12H20N4/c13-11-7-10(12(14)16-8-11)2-1-9-3-5-15-6-4-9/h7-9,15H,1-6,13H2,(H2,14,16). The highest BCUT2D eigenvalue weighted by molar-refractivity contribution is 5.48. The Balaban J connectivity index is 1.90. The molecule has 4 heteroatoms. The molecular weight excluding hydrogens is 200 g/mol. The van der Waals surface area contributed by atoms with Crippen LogP contribution in [-0.4, -0.2) is 18.1 Å². The summed E-state index contributed by atoms with van der Waals surface area (Å²) in [5, 5.41) is 3.38. The number of aromatic nitrogens is 1. The first-order valence-electron chi connectivity index (χ1n) is 5.96. The molecule has 0 spiro atoms. The molecule has 0 bridgehead atoms. The third-order valence-corrected chi connectivity index (χ3v) is 3.30. The third-order valence-electron chi connectivity index (χ3n) is 3.30. The molecule has 0 aromatic carbocycles. The molecule has 2 rings (SSSR count). The van der Waals surface area contributed by atoms with E-state index in [4.69, 9.17) is 11.5 Å². The summed E-state index contributed by atoms with van der Waals surface area (Å²) in [5.41, 5.74) is 13.3. The fraction of sp³-hybridized carbons (Fsp3) is 0.583. The normalized spacial score (nSPS) is 17.5. The Morgan fingerprint density at radius 1 is 1.31 bits per heavy atom. The van der Waals surface area contributed by atoms with Gasteiger partial charge in [0.15, 0.2) is 0 Å². The second-order valence-electron chi connectivity index (χ2n) is 4.55. The zero-order valence-corrected chi connectivity index (χ0v) is 9.58. The van der Waals surface area contributed by atoms with Crippen molar-refractivity contribution < 1.29 is 0 Å². The van der Waals surface area contributed by atoms with Crippen LogP contribution in [0.15, 0.2) is 12.3 Å². The van der Waals surface area contributed by atoms with Crippen molar-refractivity contribution in [2.45, 2.75) is 25.7 Å². The summed E-state index contributed by atoms with van der Waals surface area (Å²) >= 11 is 0. The van der Waals surface area contributed by atoms with Crippen molar-refractivity contribution >= 4 is 11.5 Å². The van der Waals surface area contributed by atoms with Crippen LogP contribution < -0.4 is 16.8 Å². The number of hydrogen-bond acceptors (Lipinski definition) is 4. The van der Waals surface area contributed by atoms with E-state index in [9.17, 15) is 0 Å². The molecule has 1 aromatic heterocycles. The molecule has 0 radical (unpaired) electrons. The smallest absolute Gasteiger partial charge is 0.126 e. The molecule has 5 N–H and O–H groups in total. The maximum atomic E-state index is 5.83. The van der Waals surface area contributed by atoms with Gasteiger partial charge in [-0.1, -0.05) is 0 Å². The number of nitrogens with zero attached hydrogens (tertiary/aromatic N) is 1. The fourth-order valence-electron chi connectivity index (χ4n) is 2.27. The number of piperidine rings is 1. The van der Waals surface area contributed by atoms with E-state index < -0.39 is 0 Å². The van der Waals surface area contributed by atoms with Gasteiger partial charge in [-0.05, 0) is 56.3 Å². The number of aryl methyl sites for hydroxylation is 1. The van der Waals surface area contributed by atoms with Crippen molar-refractivity contribution in [2.75, 3.05) is 24.6 Å². The third kappa shape index (κ3) is 2.85. The van der Waals surface area contributed by atoms with Gasteiger partial charge >= 0.3 is 0 Å². The lowest BCUT2D eigenvalue weighted by molar-refractivity contribution is 0.354. The number of hydrogen-bond donors (Lipinski definition) is 3. The van der Waals surface area contributed by atoms with Gasteiger partial charge in [-0.25, -0.2) is 4.98 Å². The highest BCUT2D eigenvalue weighted by Gasteiger charge is 2.13. The topological polar surface area (TPSA) is 77.0 Å². The van der Waals surface area contributed by atoms with Crippen molar-refractivity contribution in [2.24, 2.45) is 5.92 Å². The van der Waals surface area contributed by atoms with Gasteiger partial charge < -0.3 is 16.8 Å². The molecule has 1 aliphatic rings. The fourth-order valence-corrected chi connectivity index (χ4v) is 2.27. The predicted octanol–water partition coefficient (Wildman–Crippen LogP) is 1.18. The average Bonchev–Trinajstić information content (AvgIpc) is 2.32.